The molecule has 0 amide bonds. The number of allylic oxidation sites excluding steroid dienone is 1. The van der Waals surface area contributed by atoms with Crippen LogP contribution in [-0.4, -0.2) is 16.6 Å². The Bertz CT molecular complexity index is 1010. The Labute approximate surface area is 138 Å². The quantitative estimate of drug-likeness (QED) is 0.365. The number of ketones is 2. The van der Waals surface area contributed by atoms with Gasteiger partial charge in [-0.3, -0.25) is 14.6 Å². The number of carbonyl (C=O) groups excluding carboxylic acids is 2. The van der Waals surface area contributed by atoms with Gasteiger partial charge in [0.1, 0.15) is 0 Å². The second-order valence-corrected chi connectivity index (χ2v) is 5.90. The number of benzene rings is 2. The number of fused-ring (bicyclic) bond motifs is 4. The van der Waals surface area contributed by atoms with Gasteiger partial charge < -0.3 is 0 Å². The van der Waals surface area contributed by atoms with Crippen molar-refractivity contribution in [1.29, 1.82) is 0 Å². The summed E-state index contributed by atoms with van der Waals surface area (Å²) in [5, 5.41) is 0. The van der Waals surface area contributed by atoms with E-state index in [-0.39, 0.29) is 17.1 Å². The first-order valence-corrected chi connectivity index (χ1v) is 7.75. The minimum atomic E-state index is -0.197. The molecule has 3 nitrogen and oxygen atoms in total. The number of rotatable bonds is 0. The van der Waals surface area contributed by atoms with Crippen LogP contribution in [0.25, 0.3) is 16.8 Å². The van der Waals surface area contributed by atoms with Crippen molar-refractivity contribution in [3.63, 3.8) is 0 Å². The fourth-order valence-corrected chi connectivity index (χ4v) is 3.62. The number of hydrogen-bond donors (Lipinski definition) is 0. The molecule has 3 heteroatoms. The lowest BCUT2D eigenvalue weighted by Gasteiger charge is -2.05. The zero-order valence-corrected chi connectivity index (χ0v) is 12.6. The van der Waals surface area contributed by atoms with Gasteiger partial charge in [0.15, 0.2) is 11.6 Å². The monoisotopic (exact) mass is 309 g/mol. The van der Waals surface area contributed by atoms with Crippen LogP contribution < -0.4 is 0 Å². The molecule has 5 rings (SSSR count). The summed E-state index contributed by atoms with van der Waals surface area (Å²) in [6.45, 7) is 0. The lowest BCUT2D eigenvalue weighted by Crippen LogP contribution is -2.05. The Balaban J connectivity index is 1.89. The molecule has 0 N–H and O–H groups in total. The maximum atomic E-state index is 12.9. The molecule has 1 heterocycles. The van der Waals surface area contributed by atoms with Crippen LogP contribution in [0, 0.1) is 0 Å². The highest BCUT2D eigenvalue weighted by atomic mass is 16.2. The lowest BCUT2D eigenvalue weighted by atomic mass is 9.95. The standard InChI is InChI=1S/C21H11NO2/c23-20-14-8-3-4-9-15(14)21(24)18(20)17-12-6-1-2-7-13(12)19-16(17)10-5-11-22-19/h1-11H. The Hall–Kier alpha value is -3.33. The van der Waals surface area contributed by atoms with Crippen LogP contribution >= 0.6 is 0 Å². The Morgan fingerprint density at radius 3 is 1.75 bits per heavy atom. The number of Topliss-reactive ketones (excluding diaryl/α,β-unsaturated/α-hetero) is 2. The van der Waals surface area contributed by atoms with Gasteiger partial charge in [0.25, 0.3) is 0 Å². The van der Waals surface area contributed by atoms with Crippen molar-refractivity contribution in [1.82, 2.24) is 4.98 Å². The van der Waals surface area contributed by atoms with Crippen molar-refractivity contribution in [2.45, 2.75) is 0 Å². The predicted octanol–water partition coefficient (Wildman–Crippen LogP) is 3.94. The topological polar surface area (TPSA) is 47.0 Å². The number of pyridine rings is 1. The lowest BCUT2D eigenvalue weighted by molar-refractivity contribution is 0.0990. The van der Waals surface area contributed by atoms with Gasteiger partial charge in [0, 0.05) is 34.0 Å². The molecule has 0 unspecified atom stereocenters. The Kier molecular flexibility index (Phi) is 2.51. The molecule has 0 aliphatic heterocycles. The smallest absolute Gasteiger partial charge is 0.198 e. The number of nitrogens with zero attached hydrogens (tertiary/aromatic N) is 1. The first-order valence-electron chi connectivity index (χ1n) is 7.75. The molecular formula is C21H11NO2. The van der Waals surface area contributed by atoms with Crippen LogP contribution in [0.5, 0.6) is 0 Å². The van der Waals surface area contributed by atoms with Gasteiger partial charge in [-0.15, -0.1) is 0 Å². The summed E-state index contributed by atoms with van der Waals surface area (Å²) < 4.78 is 0. The van der Waals surface area contributed by atoms with Gasteiger partial charge in [-0.05, 0) is 11.6 Å². The van der Waals surface area contributed by atoms with E-state index in [0.717, 1.165) is 22.4 Å². The first kappa shape index (κ1) is 13.1. The Morgan fingerprint density at radius 1 is 0.542 bits per heavy atom. The molecule has 0 bridgehead atoms. The van der Waals surface area contributed by atoms with Crippen LogP contribution in [0.15, 0.2) is 72.4 Å². The van der Waals surface area contributed by atoms with Gasteiger partial charge in [-0.25, -0.2) is 0 Å². The molecule has 3 aromatic rings. The van der Waals surface area contributed by atoms with Crippen molar-refractivity contribution in [3.05, 3.63) is 94.7 Å². The summed E-state index contributed by atoms with van der Waals surface area (Å²) in [6.07, 6.45) is 1.73. The van der Waals surface area contributed by atoms with E-state index < -0.39 is 0 Å². The normalized spacial score (nSPS) is 14.7. The minimum Gasteiger partial charge on any atom is -0.288 e. The van der Waals surface area contributed by atoms with Crippen LogP contribution in [0.2, 0.25) is 0 Å². The van der Waals surface area contributed by atoms with E-state index >= 15 is 0 Å². The third kappa shape index (κ3) is 1.53. The fourth-order valence-electron chi connectivity index (χ4n) is 3.62. The van der Waals surface area contributed by atoms with E-state index in [9.17, 15) is 9.59 Å². The molecule has 24 heavy (non-hydrogen) atoms. The van der Waals surface area contributed by atoms with E-state index in [1.165, 1.54) is 0 Å². The Morgan fingerprint density at radius 2 is 1.08 bits per heavy atom. The highest BCUT2D eigenvalue weighted by molar-refractivity contribution is 6.43. The summed E-state index contributed by atoms with van der Waals surface area (Å²) in [4.78, 5) is 30.3. The second-order valence-electron chi connectivity index (χ2n) is 5.90. The second kappa shape index (κ2) is 4.59. The molecular weight excluding hydrogens is 298 g/mol. The van der Waals surface area contributed by atoms with Crippen molar-refractivity contribution in [3.8, 4) is 11.3 Å². The maximum Gasteiger partial charge on any atom is 0.198 e. The summed E-state index contributed by atoms with van der Waals surface area (Å²) >= 11 is 0. The molecule has 2 aliphatic carbocycles. The van der Waals surface area contributed by atoms with Gasteiger partial charge in [-0.1, -0.05) is 54.6 Å². The molecule has 0 radical (unpaired) electrons. The molecule has 0 saturated carbocycles. The van der Waals surface area contributed by atoms with Crippen molar-refractivity contribution >= 4 is 17.1 Å². The fraction of sp³-hybridized carbons (Fsp3) is 0. The molecule has 2 aliphatic rings. The first-order chi connectivity index (χ1) is 11.8. The number of carbonyl (C=O) groups is 2. The largest absolute Gasteiger partial charge is 0.288 e. The summed E-state index contributed by atoms with van der Waals surface area (Å²) in [6, 6.07) is 18.6. The molecule has 0 saturated heterocycles. The number of hydrogen-bond acceptors (Lipinski definition) is 3. The highest BCUT2D eigenvalue weighted by Crippen LogP contribution is 2.46. The maximum absolute atomic E-state index is 12.9. The SMILES string of the molecule is O=C1C(=C2c3ccccc3-c3ncccc32)C(=O)c2ccccc21. The van der Waals surface area contributed by atoms with Crippen LogP contribution in [0.3, 0.4) is 0 Å². The minimum absolute atomic E-state index is 0.197. The summed E-state index contributed by atoms with van der Waals surface area (Å²) in [5.74, 6) is -0.394. The van der Waals surface area contributed by atoms with E-state index in [1.807, 2.05) is 36.4 Å². The van der Waals surface area contributed by atoms with Crippen molar-refractivity contribution < 1.29 is 9.59 Å². The van der Waals surface area contributed by atoms with E-state index in [2.05, 4.69) is 4.98 Å². The van der Waals surface area contributed by atoms with E-state index in [1.54, 1.807) is 30.5 Å². The van der Waals surface area contributed by atoms with Gasteiger partial charge in [0.2, 0.25) is 0 Å². The molecule has 0 spiro atoms. The molecule has 0 atom stereocenters. The number of aromatic nitrogens is 1. The zero-order chi connectivity index (χ0) is 16.3. The third-order valence-corrected chi connectivity index (χ3v) is 4.65. The van der Waals surface area contributed by atoms with Crippen molar-refractivity contribution in [2.75, 3.05) is 0 Å². The highest BCUT2D eigenvalue weighted by Gasteiger charge is 2.38. The zero-order valence-electron chi connectivity index (χ0n) is 12.6. The van der Waals surface area contributed by atoms with E-state index in [4.69, 9.17) is 0 Å². The molecule has 0 fully saturated rings. The van der Waals surface area contributed by atoms with Gasteiger partial charge >= 0.3 is 0 Å². The third-order valence-electron chi connectivity index (χ3n) is 4.65. The molecule has 2 aromatic carbocycles. The summed E-state index contributed by atoms with van der Waals surface area (Å²) in [7, 11) is 0. The van der Waals surface area contributed by atoms with Gasteiger partial charge in [0.05, 0.1) is 11.3 Å². The van der Waals surface area contributed by atoms with Crippen molar-refractivity contribution in [2.24, 2.45) is 0 Å². The summed E-state index contributed by atoms with van der Waals surface area (Å²) in [5.41, 5.74) is 5.48. The van der Waals surface area contributed by atoms with Gasteiger partial charge in [-0.2, -0.15) is 0 Å². The average Bonchev–Trinajstić information content (AvgIpc) is 3.08. The van der Waals surface area contributed by atoms with Crippen LogP contribution in [0.1, 0.15) is 31.8 Å². The van der Waals surface area contributed by atoms with Crippen LogP contribution in [0.4, 0.5) is 0 Å². The van der Waals surface area contributed by atoms with Crippen LogP contribution in [-0.2, 0) is 0 Å². The predicted molar refractivity (Wildman–Crippen MR) is 90.8 cm³/mol. The average molecular weight is 309 g/mol. The molecule has 1 aromatic heterocycles. The van der Waals surface area contributed by atoms with E-state index in [0.29, 0.717) is 16.7 Å². The molecule has 112 valence electrons.